The van der Waals surface area contributed by atoms with Gasteiger partial charge < -0.3 is 4.90 Å². The molecule has 20 heavy (non-hydrogen) atoms. The SMILES string of the molecule is CCCCN(CC(F)(F)F)C(=O)c1ccc(F)c(Br)c1. The topological polar surface area (TPSA) is 20.3 Å². The molecule has 0 heterocycles. The Morgan fingerprint density at radius 2 is 2.00 bits per heavy atom. The molecule has 7 heteroatoms. The molecule has 0 saturated heterocycles. The zero-order valence-electron chi connectivity index (χ0n) is 10.8. The van der Waals surface area contributed by atoms with Crippen molar-refractivity contribution < 1.29 is 22.4 Å². The average molecular weight is 356 g/mol. The van der Waals surface area contributed by atoms with Gasteiger partial charge in [-0.25, -0.2) is 4.39 Å². The number of hydrogen-bond acceptors (Lipinski definition) is 1. The number of carbonyl (C=O) groups is 1. The molecule has 0 N–H and O–H groups in total. The molecule has 0 aliphatic rings. The van der Waals surface area contributed by atoms with Crippen LogP contribution in [-0.4, -0.2) is 30.1 Å². The molecule has 0 aliphatic heterocycles. The maximum absolute atomic E-state index is 13.1. The molecule has 1 rings (SSSR count). The van der Waals surface area contributed by atoms with Gasteiger partial charge in [0, 0.05) is 12.1 Å². The van der Waals surface area contributed by atoms with Crippen LogP contribution in [0.2, 0.25) is 0 Å². The van der Waals surface area contributed by atoms with Crippen LogP contribution in [0.5, 0.6) is 0 Å². The lowest BCUT2D eigenvalue weighted by atomic mass is 10.2. The Bertz CT molecular complexity index is 476. The first kappa shape index (κ1) is 16.9. The minimum atomic E-state index is -4.46. The molecule has 0 saturated carbocycles. The first-order valence-electron chi connectivity index (χ1n) is 6.05. The van der Waals surface area contributed by atoms with E-state index in [0.717, 1.165) is 11.0 Å². The molecule has 0 radical (unpaired) electrons. The van der Waals surface area contributed by atoms with Crippen LogP contribution in [0.3, 0.4) is 0 Å². The fourth-order valence-electron chi connectivity index (χ4n) is 1.63. The standard InChI is InChI=1S/C13H14BrF4NO/c1-2-3-6-19(8-13(16,17)18)12(20)9-4-5-11(15)10(14)7-9/h4-5,7H,2-3,6,8H2,1H3. The van der Waals surface area contributed by atoms with Crippen molar-refractivity contribution in [3.63, 3.8) is 0 Å². The van der Waals surface area contributed by atoms with Gasteiger partial charge in [-0.15, -0.1) is 0 Å². The van der Waals surface area contributed by atoms with E-state index in [1.54, 1.807) is 0 Å². The van der Waals surface area contributed by atoms with Gasteiger partial charge in [-0.1, -0.05) is 13.3 Å². The van der Waals surface area contributed by atoms with Crippen LogP contribution in [0.15, 0.2) is 22.7 Å². The summed E-state index contributed by atoms with van der Waals surface area (Å²) in [4.78, 5) is 12.8. The van der Waals surface area contributed by atoms with Crippen LogP contribution in [0, 0.1) is 5.82 Å². The van der Waals surface area contributed by atoms with Crippen molar-refractivity contribution in [2.45, 2.75) is 25.9 Å². The fourth-order valence-corrected chi connectivity index (χ4v) is 2.01. The lowest BCUT2D eigenvalue weighted by molar-refractivity contribution is -0.140. The van der Waals surface area contributed by atoms with E-state index in [0.29, 0.717) is 12.8 Å². The van der Waals surface area contributed by atoms with Gasteiger partial charge in [0.15, 0.2) is 0 Å². The van der Waals surface area contributed by atoms with Crippen molar-refractivity contribution in [3.8, 4) is 0 Å². The van der Waals surface area contributed by atoms with Gasteiger partial charge in [0.1, 0.15) is 12.4 Å². The van der Waals surface area contributed by atoms with Crippen molar-refractivity contribution in [1.29, 1.82) is 0 Å². The third-order valence-corrected chi connectivity index (χ3v) is 3.21. The number of hydrogen-bond donors (Lipinski definition) is 0. The van der Waals surface area contributed by atoms with Crippen molar-refractivity contribution >= 4 is 21.8 Å². The second kappa shape index (κ2) is 7.06. The smallest absolute Gasteiger partial charge is 0.330 e. The highest BCUT2D eigenvalue weighted by Crippen LogP contribution is 2.21. The summed E-state index contributed by atoms with van der Waals surface area (Å²) >= 11 is 2.91. The molecule has 0 unspecified atom stereocenters. The second-order valence-corrected chi connectivity index (χ2v) is 5.18. The number of benzene rings is 1. The number of nitrogens with zero attached hydrogens (tertiary/aromatic N) is 1. The van der Waals surface area contributed by atoms with Gasteiger partial charge in [0.25, 0.3) is 5.91 Å². The summed E-state index contributed by atoms with van der Waals surface area (Å²) in [6.45, 7) is 0.537. The second-order valence-electron chi connectivity index (χ2n) is 4.32. The van der Waals surface area contributed by atoms with Crippen molar-refractivity contribution in [1.82, 2.24) is 4.90 Å². The Kier molecular flexibility index (Phi) is 5.98. The molecule has 112 valence electrons. The van der Waals surface area contributed by atoms with Gasteiger partial charge in [-0.3, -0.25) is 4.79 Å². The normalized spacial score (nSPS) is 11.5. The lowest BCUT2D eigenvalue weighted by Crippen LogP contribution is -2.39. The van der Waals surface area contributed by atoms with E-state index < -0.39 is 24.4 Å². The zero-order valence-corrected chi connectivity index (χ0v) is 12.4. The Hall–Kier alpha value is -1.11. The molecule has 0 atom stereocenters. The highest BCUT2D eigenvalue weighted by atomic mass is 79.9. The highest BCUT2D eigenvalue weighted by Gasteiger charge is 2.33. The van der Waals surface area contributed by atoms with Crippen LogP contribution in [0.1, 0.15) is 30.1 Å². The minimum Gasteiger partial charge on any atom is -0.330 e. The maximum Gasteiger partial charge on any atom is 0.406 e. The molecule has 1 amide bonds. The van der Waals surface area contributed by atoms with E-state index in [1.165, 1.54) is 12.1 Å². The molecular weight excluding hydrogens is 342 g/mol. The first-order valence-corrected chi connectivity index (χ1v) is 6.85. The summed E-state index contributed by atoms with van der Waals surface area (Å²) in [7, 11) is 0. The lowest BCUT2D eigenvalue weighted by Gasteiger charge is -2.24. The maximum atomic E-state index is 13.1. The Labute approximate surface area is 122 Å². The molecule has 2 nitrogen and oxygen atoms in total. The van der Waals surface area contributed by atoms with Crippen molar-refractivity contribution in [2.75, 3.05) is 13.1 Å². The minimum absolute atomic E-state index is 0.0177. The van der Waals surface area contributed by atoms with Crippen LogP contribution in [-0.2, 0) is 0 Å². The van der Waals surface area contributed by atoms with E-state index in [2.05, 4.69) is 15.9 Å². The largest absolute Gasteiger partial charge is 0.406 e. The number of amides is 1. The number of alkyl halides is 3. The molecule has 0 aromatic heterocycles. The summed E-state index contributed by atoms with van der Waals surface area (Å²) in [5.74, 6) is -1.33. The summed E-state index contributed by atoms with van der Waals surface area (Å²) in [5.41, 5.74) is 0.0265. The number of unbranched alkanes of at least 4 members (excludes halogenated alkanes) is 1. The zero-order chi connectivity index (χ0) is 15.3. The average Bonchev–Trinajstić information content (AvgIpc) is 2.35. The molecule has 0 spiro atoms. The van der Waals surface area contributed by atoms with E-state index in [4.69, 9.17) is 0 Å². The van der Waals surface area contributed by atoms with Gasteiger partial charge in [0.05, 0.1) is 4.47 Å². The third kappa shape index (κ3) is 5.11. The van der Waals surface area contributed by atoms with Gasteiger partial charge in [-0.05, 0) is 40.5 Å². The molecule has 1 aromatic rings. The number of rotatable bonds is 5. The van der Waals surface area contributed by atoms with Crippen LogP contribution < -0.4 is 0 Å². The number of carbonyl (C=O) groups excluding carboxylic acids is 1. The Morgan fingerprint density at radius 3 is 2.50 bits per heavy atom. The molecule has 0 bridgehead atoms. The van der Waals surface area contributed by atoms with Crippen LogP contribution >= 0.6 is 15.9 Å². The van der Waals surface area contributed by atoms with E-state index in [-0.39, 0.29) is 16.6 Å². The predicted octanol–water partition coefficient (Wildman–Crippen LogP) is 4.39. The molecule has 0 fully saturated rings. The van der Waals surface area contributed by atoms with Gasteiger partial charge >= 0.3 is 6.18 Å². The van der Waals surface area contributed by atoms with Gasteiger partial charge in [-0.2, -0.15) is 13.2 Å². The van der Waals surface area contributed by atoms with E-state index in [9.17, 15) is 22.4 Å². The summed E-state index contributed by atoms with van der Waals surface area (Å²) < 4.78 is 50.6. The van der Waals surface area contributed by atoms with Crippen molar-refractivity contribution in [3.05, 3.63) is 34.1 Å². The Morgan fingerprint density at radius 1 is 1.35 bits per heavy atom. The first-order chi connectivity index (χ1) is 9.24. The summed E-state index contributed by atoms with van der Waals surface area (Å²) in [6.07, 6.45) is -3.31. The van der Waals surface area contributed by atoms with Crippen LogP contribution in [0.4, 0.5) is 17.6 Å². The number of halogens is 5. The summed E-state index contributed by atoms with van der Waals surface area (Å²) in [5, 5.41) is 0. The third-order valence-electron chi connectivity index (χ3n) is 2.61. The van der Waals surface area contributed by atoms with E-state index in [1.807, 2.05) is 6.92 Å². The molecular formula is C13H14BrF4NO. The van der Waals surface area contributed by atoms with Crippen LogP contribution in [0.25, 0.3) is 0 Å². The highest BCUT2D eigenvalue weighted by molar-refractivity contribution is 9.10. The van der Waals surface area contributed by atoms with Crippen molar-refractivity contribution in [2.24, 2.45) is 0 Å². The fraction of sp³-hybridized carbons (Fsp3) is 0.462. The van der Waals surface area contributed by atoms with Gasteiger partial charge in [0.2, 0.25) is 0 Å². The summed E-state index contributed by atoms with van der Waals surface area (Å²) in [6, 6.07) is 3.41. The predicted molar refractivity (Wildman–Crippen MR) is 71.0 cm³/mol. The Balaban J connectivity index is 2.93. The monoisotopic (exact) mass is 355 g/mol. The quantitative estimate of drug-likeness (QED) is 0.717. The van der Waals surface area contributed by atoms with E-state index >= 15 is 0 Å². The molecule has 0 aliphatic carbocycles. The molecule has 1 aromatic carbocycles.